The van der Waals surface area contributed by atoms with E-state index in [0.29, 0.717) is 12.0 Å². The van der Waals surface area contributed by atoms with Gasteiger partial charge in [0.1, 0.15) is 0 Å². The van der Waals surface area contributed by atoms with Crippen molar-refractivity contribution in [3.05, 3.63) is 24.0 Å². The maximum Gasteiger partial charge on any atom is 0.0449 e. The summed E-state index contributed by atoms with van der Waals surface area (Å²) in [5.41, 5.74) is 2.38. The second-order valence-corrected chi connectivity index (χ2v) is 4.79. The Kier molecular flexibility index (Phi) is 3.78. The number of aromatic nitrogens is 1. The first-order chi connectivity index (χ1) is 7.75. The molecule has 1 aromatic heterocycles. The second kappa shape index (κ2) is 5.30. The van der Waals surface area contributed by atoms with E-state index in [-0.39, 0.29) is 0 Å². The van der Waals surface area contributed by atoms with Crippen LogP contribution in [0.25, 0.3) is 0 Å². The second-order valence-electron chi connectivity index (χ2n) is 4.79. The number of hydrogen-bond donors (Lipinski definition) is 2. The van der Waals surface area contributed by atoms with Crippen LogP contribution in [0.3, 0.4) is 0 Å². The first-order valence-corrected chi connectivity index (χ1v) is 6.19. The fraction of sp³-hybridized carbons (Fsp3) is 0.615. The SMILES string of the molecule is CC(C)c1cc(NC2CCNCC2)ccn1. The number of rotatable bonds is 3. The highest BCUT2D eigenvalue weighted by Gasteiger charge is 2.12. The first-order valence-electron chi connectivity index (χ1n) is 6.19. The average molecular weight is 219 g/mol. The molecule has 2 N–H and O–H groups in total. The van der Waals surface area contributed by atoms with Crippen molar-refractivity contribution in [2.75, 3.05) is 18.4 Å². The molecule has 3 heteroatoms. The average Bonchev–Trinajstić information content (AvgIpc) is 2.30. The van der Waals surface area contributed by atoms with E-state index in [1.165, 1.54) is 24.2 Å². The van der Waals surface area contributed by atoms with Gasteiger partial charge in [0.05, 0.1) is 0 Å². The Morgan fingerprint density at radius 1 is 1.38 bits per heavy atom. The molecule has 1 fully saturated rings. The molecule has 0 aromatic carbocycles. The molecule has 0 atom stereocenters. The lowest BCUT2D eigenvalue weighted by molar-refractivity contribution is 0.479. The lowest BCUT2D eigenvalue weighted by atomic mass is 10.1. The molecule has 2 rings (SSSR count). The Balaban J connectivity index is 2.00. The van der Waals surface area contributed by atoms with E-state index in [1.54, 1.807) is 0 Å². The van der Waals surface area contributed by atoms with E-state index in [2.05, 4.69) is 41.6 Å². The molecule has 0 unspecified atom stereocenters. The number of piperidine rings is 1. The van der Waals surface area contributed by atoms with Crippen LogP contribution in [0.2, 0.25) is 0 Å². The number of anilines is 1. The summed E-state index contributed by atoms with van der Waals surface area (Å²) in [6.07, 6.45) is 4.32. The number of nitrogens with one attached hydrogen (secondary N) is 2. The molecule has 1 aliphatic rings. The smallest absolute Gasteiger partial charge is 0.0449 e. The maximum atomic E-state index is 4.38. The van der Waals surface area contributed by atoms with Crippen molar-refractivity contribution in [3.8, 4) is 0 Å². The van der Waals surface area contributed by atoms with Crippen LogP contribution in [0.4, 0.5) is 5.69 Å². The summed E-state index contributed by atoms with van der Waals surface area (Å²) in [6.45, 7) is 6.60. The molecule has 0 saturated carbocycles. The highest BCUT2D eigenvalue weighted by Crippen LogP contribution is 2.18. The monoisotopic (exact) mass is 219 g/mol. The molecular formula is C13H21N3. The topological polar surface area (TPSA) is 37.0 Å². The van der Waals surface area contributed by atoms with Gasteiger partial charge in [0.25, 0.3) is 0 Å². The van der Waals surface area contributed by atoms with Crippen molar-refractivity contribution in [1.29, 1.82) is 0 Å². The zero-order valence-corrected chi connectivity index (χ0v) is 10.2. The van der Waals surface area contributed by atoms with Crippen LogP contribution in [-0.2, 0) is 0 Å². The third-order valence-corrected chi connectivity index (χ3v) is 3.08. The summed E-state index contributed by atoms with van der Waals surface area (Å²) in [7, 11) is 0. The summed E-state index contributed by atoms with van der Waals surface area (Å²) in [5.74, 6) is 0.495. The van der Waals surface area contributed by atoms with Gasteiger partial charge < -0.3 is 10.6 Å². The fourth-order valence-corrected chi connectivity index (χ4v) is 2.06. The number of pyridine rings is 1. The lowest BCUT2D eigenvalue weighted by Crippen LogP contribution is -2.35. The fourth-order valence-electron chi connectivity index (χ4n) is 2.06. The molecule has 0 aliphatic carbocycles. The van der Waals surface area contributed by atoms with E-state index >= 15 is 0 Å². The van der Waals surface area contributed by atoms with E-state index in [9.17, 15) is 0 Å². The molecule has 2 heterocycles. The molecule has 0 radical (unpaired) electrons. The minimum absolute atomic E-state index is 0.495. The number of hydrogen-bond acceptors (Lipinski definition) is 3. The van der Waals surface area contributed by atoms with Crippen molar-refractivity contribution in [2.45, 2.75) is 38.6 Å². The van der Waals surface area contributed by atoms with Gasteiger partial charge in [0, 0.05) is 23.6 Å². The Morgan fingerprint density at radius 2 is 2.12 bits per heavy atom. The quantitative estimate of drug-likeness (QED) is 0.819. The van der Waals surface area contributed by atoms with Gasteiger partial charge in [-0.15, -0.1) is 0 Å². The van der Waals surface area contributed by atoms with Crippen LogP contribution in [0.5, 0.6) is 0 Å². The number of nitrogens with zero attached hydrogens (tertiary/aromatic N) is 1. The molecule has 88 valence electrons. The van der Waals surface area contributed by atoms with Crippen molar-refractivity contribution in [3.63, 3.8) is 0 Å². The summed E-state index contributed by atoms with van der Waals surface area (Å²) in [6, 6.07) is 4.85. The van der Waals surface area contributed by atoms with Gasteiger partial charge >= 0.3 is 0 Å². The van der Waals surface area contributed by atoms with Gasteiger partial charge in [-0.1, -0.05) is 13.8 Å². The first kappa shape index (κ1) is 11.4. The van der Waals surface area contributed by atoms with Crippen LogP contribution in [0.1, 0.15) is 38.3 Å². The summed E-state index contributed by atoms with van der Waals surface area (Å²) >= 11 is 0. The van der Waals surface area contributed by atoms with Crippen molar-refractivity contribution < 1.29 is 0 Å². The molecule has 0 bridgehead atoms. The minimum atomic E-state index is 0.495. The highest BCUT2D eigenvalue weighted by molar-refractivity contribution is 5.44. The van der Waals surface area contributed by atoms with E-state index in [4.69, 9.17) is 0 Å². The third-order valence-electron chi connectivity index (χ3n) is 3.08. The van der Waals surface area contributed by atoms with Gasteiger partial charge in [-0.2, -0.15) is 0 Å². The summed E-state index contributed by atoms with van der Waals surface area (Å²) in [4.78, 5) is 4.38. The molecule has 1 saturated heterocycles. The Morgan fingerprint density at radius 3 is 2.81 bits per heavy atom. The summed E-state index contributed by atoms with van der Waals surface area (Å²) < 4.78 is 0. The molecule has 1 aromatic rings. The van der Waals surface area contributed by atoms with Crippen molar-refractivity contribution in [2.24, 2.45) is 0 Å². The largest absolute Gasteiger partial charge is 0.382 e. The zero-order valence-electron chi connectivity index (χ0n) is 10.2. The normalized spacial score (nSPS) is 17.7. The van der Waals surface area contributed by atoms with Crippen molar-refractivity contribution >= 4 is 5.69 Å². The van der Waals surface area contributed by atoms with Crippen molar-refractivity contribution in [1.82, 2.24) is 10.3 Å². The molecule has 16 heavy (non-hydrogen) atoms. The standard InChI is InChI=1S/C13H21N3/c1-10(2)13-9-12(5-8-15-13)16-11-3-6-14-7-4-11/h5,8-11,14H,3-4,6-7H2,1-2H3,(H,15,16). The molecular weight excluding hydrogens is 198 g/mol. The minimum Gasteiger partial charge on any atom is -0.382 e. The van der Waals surface area contributed by atoms with Gasteiger partial charge in [0.15, 0.2) is 0 Å². The Labute approximate surface area is 97.7 Å². The van der Waals surface area contributed by atoms with Crippen LogP contribution < -0.4 is 10.6 Å². The summed E-state index contributed by atoms with van der Waals surface area (Å²) in [5, 5.41) is 6.97. The van der Waals surface area contributed by atoms with E-state index in [1.807, 2.05) is 6.20 Å². The van der Waals surface area contributed by atoms with E-state index < -0.39 is 0 Å². The Hall–Kier alpha value is -1.09. The molecule has 1 aliphatic heterocycles. The Bertz CT molecular complexity index is 330. The lowest BCUT2D eigenvalue weighted by Gasteiger charge is -2.24. The predicted octanol–water partition coefficient (Wildman–Crippen LogP) is 2.37. The molecule has 0 spiro atoms. The van der Waals surface area contributed by atoms with Gasteiger partial charge in [-0.3, -0.25) is 4.98 Å². The predicted molar refractivity (Wildman–Crippen MR) is 67.8 cm³/mol. The van der Waals surface area contributed by atoms with Gasteiger partial charge in [-0.05, 0) is 44.0 Å². The highest BCUT2D eigenvalue weighted by atomic mass is 15.0. The van der Waals surface area contributed by atoms with Gasteiger partial charge in [-0.25, -0.2) is 0 Å². The molecule has 0 amide bonds. The maximum absolute atomic E-state index is 4.38. The third kappa shape index (κ3) is 2.95. The van der Waals surface area contributed by atoms with Crippen LogP contribution in [0.15, 0.2) is 18.3 Å². The van der Waals surface area contributed by atoms with Crippen LogP contribution >= 0.6 is 0 Å². The zero-order chi connectivity index (χ0) is 11.4. The van der Waals surface area contributed by atoms with Crippen LogP contribution in [-0.4, -0.2) is 24.1 Å². The molecule has 3 nitrogen and oxygen atoms in total. The van der Waals surface area contributed by atoms with Gasteiger partial charge in [0.2, 0.25) is 0 Å². The van der Waals surface area contributed by atoms with Crippen LogP contribution in [0, 0.1) is 0 Å². The van der Waals surface area contributed by atoms with E-state index in [0.717, 1.165) is 13.1 Å².